The van der Waals surface area contributed by atoms with E-state index in [2.05, 4.69) is 42.2 Å². The molecule has 0 aliphatic heterocycles. The number of amides is 1. The Balaban J connectivity index is 1.28. The van der Waals surface area contributed by atoms with Crippen molar-refractivity contribution in [3.63, 3.8) is 0 Å². The molecule has 2 aliphatic carbocycles. The lowest BCUT2D eigenvalue weighted by Gasteiger charge is -2.23. The summed E-state index contributed by atoms with van der Waals surface area (Å²) >= 11 is 6.59. The van der Waals surface area contributed by atoms with E-state index in [0.717, 1.165) is 18.4 Å². The highest BCUT2D eigenvalue weighted by atomic mass is 35.5. The third-order valence-electron chi connectivity index (χ3n) is 10.4. The minimum atomic E-state index is -5.10. The number of nitrogens with zero attached hydrogens (tertiary/aromatic N) is 8. The first kappa shape index (κ1) is 42.6. The van der Waals surface area contributed by atoms with E-state index in [-0.39, 0.29) is 62.8 Å². The molecule has 2 aromatic carbocycles. The molecule has 0 radical (unpaired) electrons. The van der Waals surface area contributed by atoms with E-state index in [4.69, 9.17) is 16.6 Å². The van der Waals surface area contributed by atoms with E-state index >= 15 is 8.78 Å². The Morgan fingerprint density at radius 2 is 1.81 bits per heavy atom. The fourth-order valence-corrected chi connectivity index (χ4v) is 8.63. The van der Waals surface area contributed by atoms with Gasteiger partial charge in [-0.25, -0.2) is 31.8 Å². The summed E-state index contributed by atoms with van der Waals surface area (Å²) in [4.78, 5) is 22.6. The molecule has 1 unspecified atom stereocenters. The van der Waals surface area contributed by atoms with Gasteiger partial charge in [-0.3, -0.25) is 18.9 Å². The maximum Gasteiger partial charge on any atom is 0.435 e. The van der Waals surface area contributed by atoms with Gasteiger partial charge in [0.25, 0.3) is 5.92 Å². The summed E-state index contributed by atoms with van der Waals surface area (Å²) < 4.78 is 133. The van der Waals surface area contributed by atoms with Gasteiger partial charge in [-0.2, -0.15) is 37.2 Å². The third-order valence-corrected chi connectivity index (χ3v) is 11.2. The zero-order valence-corrected chi connectivity index (χ0v) is 34.0. The summed E-state index contributed by atoms with van der Waals surface area (Å²) in [5.74, 6) is -3.91. The monoisotopic (exact) mass is 904 g/mol. The maximum absolute atomic E-state index is 15.5. The fraction of sp³-hybridized carbons (Fsp3) is 0.333. The van der Waals surface area contributed by atoms with Crippen LogP contribution in [-0.4, -0.2) is 70.6 Å². The number of nitrogens with one attached hydrogen (secondary N) is 2. The predicted octanol–water partition coefficient (Wildman–Crippen LogP) is 5.86. The number of aromatic nitrogens is 8. The maximum atomic E-state index is 15.5. The van der Waals surface area contributed by atoms with E-state index in [9.17, 15) is 40.3 Å². The second-order valence-corrected chi connectivity index (χ2v) is 17.5. The second kappa shape index (κ2) is 15.1. The van der Waals surface area contributed by atoms with Gasteiger partial charge < -0.3 is 10.4 Å². The molecule has 8 rings (SSSR count). The SMILES string of the molecule is Cn1nc(NS(C)(=O)=O)c2c(Cl)ccc(-c3ccc(C#CC(C)(O)Cn4cncn4)nc3[C@H](Cc3cc(F)cc(F)c3)NC(=O)Cn3nc(C(F)(F)F)c4c3C(F)(F)[C@@H]3C[C@H]43)c21. The molecule has 0 spiro atoms. The van der Waals surface area contributed by atoms with E-state index < -0.39 is 93.1 Å². The van der Waals surface area contributed by atoms with Crippen LogP contribution in [0.1, 0.15) is 59.2 Å². The number of pyridine rings is 1. The predicted molar refractivity (Wildman–Crippen MR) is 208 cm³/mol. The van der Waals surface area contributed by atoms with Gasteiger partial charge in [0.2, 0.25) is 15.9 Å². The van der Waals surface area contributed by atoms with E-state index in [0.29, 0.717) is 10.7 Å². The van der Waals surface area contributed by atoms with Gasteiger partial charge in [-0.05, 0) is 67.5 Å². The molecule has 0 bridgehead atoms. The Morgan fingerprint density at radius 3 is 2.47 bits per heavy atom. The number of aliphatic hydroxyl groups is 1. The number of benzene rings is 2. The lowest BCUT2D eigenvalue weighted by atomic mass is 9.93. The van der Waals surface area contributed by atoms with Gasteiger partial charge in [0.15, 0.2) is 11.5 Å². The van der Waals surface area contributed by atoms with Crippen molar-refractivity contribution in [1.29, 1.82) is 0 Å². The van der Waals surface area contributed by atoms with Crippen LogP contribution in [0.5, 0.6) is 0 Å². The van der Waals surface area contributed by atoms with E-state index in [1.165, 1.54) is 60.3 Å². The van der Waals surface area contributed by atoms with E-state index in [1.54, 1.807) is 0 Å². The first-order valence-electron chi connectivity index (χ1n) is 18.5. The molecule has 2 aliphatic rings. The molecule has 1 fully saturated rings. The fourth-order valence-electron chi connectivity index (χ4n) is 7.90. The number of rotatable bonds is 11. The van der Waals surface area contributed by atoms with Crippen LogP contribution in [0.25, 0.3) is 22.0 Å². The van der Waals surface area contributed by atoms with Crippen molar-refractivity contribution in [3.8, 4) is 23.0 Å². The summed E-state index contributed by atoms with van der Waals surface area (Å²) in [5, 5.41) is 25.6. The number of anilines is 1. The second-order valence-electron chi connectivity index (χ2n) is 15.4. The third kappa shape index (κ3) is 8.31. The van der Waals surface area contributed by atoms with Crippen LogP contribution >= 0.6 is 11.6 Å². The molecule has 1 amide bonds. The van der Waals surface area contributed by atoms with Crippen LogP contribution in [0, 0.1) is 29.4 Å². The Morgan fingerprint density at radius 1 is 1.10 bits per heavy atom. The topological polar surface area (TPSA) is 175 Å². The Bertz CT molecular complexity index is 2940. The molecular weight excluding hydrogens is 873 g/mol. The number of halogens is 8. The molecule has 324 valence electrons. The summed E-state index contributed by atoms with van der Waals surface area (Å²) in [6.45, 7) is 0.168. The zero-order chi connectivity index (χ0) is 44.7. The van der Waals surface area contributed by atoms with Crippen molar-refractivity contribution < 1.29 is 49.1 Å². The highest BCUT2D eigenvalue weighted by Crippen LogP contribution is 2.68. The van der Waals surface area contributed by atoms with Crippen LogP contribution in [0.15, 0.2) is 55.1 Å². The number of aryl methyl sites for hydroxylation is 1. The average molecular weight is 905 g/mol. The first-order chi connectivity index (χ1) is 29.0. The van der Waals surface area contributed by atoms with Crippen LogP contribution in [0.4, 0.5) is 36.6 Å². The molecule has 14 nitrogen and oxygen atoms in total. The van der Waals surface area contributed by atoms with Crippen molar-refractivity contribution in [2.75, 3.05) is 11.0 Å². The van der Waals surface area contributed by atoms with Gasteiger partial charge in [-0.1, -0.05) is 23.6 Å². The summed E-state index contributed by atoms with van der Waals surface area (Å²) in [7, 11) is -2.39. The van der Waals surface area contributed by atoms with Crippen molar-refractivity contribution >= 4 is 44.3 Å². The lowest BCUT2D eigenvalue weighted by Crippen LogP contribution is -2.35. The number of fused-ring (bicyclic) bond motifs is 4. The summed E-state index contributed by atoms with van der Waals surface area (Å²) in [5.41, 5.74) is -4.29. The molecule has 4 heterocycles. The molecule has 3 N–H and O–H groups in total. The zero-order valence-electron chi connectivity index (χ0n) is 32.4. The van der Waals surface area contributed by atoms with Crippen molar-refractivity contribution in [2.24, 2.45) is 13.0 Å². The largest absolute Gasteiger partial charge is 0.435 e. The molecule has 23 heteroatoms. The van der Waals surface area contributed by atoms with Crippen molar-refractivity contribution in [3.05, 3.63) is 106 Å². The van der Waals surface area contributed by atoms with Gasteiger partial charge in [-0.15, -0.1) is 0 Å². The lowest BCUT2D eigenvalue weighted by molar-refractivity contribution is -0.142. The van der Waals surface area contributed by atoms with Crippen molar-refractivity contribution in [2.45, 2.75) is 62.5 Å². The summed E-state index contributed by atoms with van der Waals surface area (Å²) in [6.07, 6.45) is -2.18. The summed E-state index contributed by atoms with van der Waals surface area (Å²) in [6, 6.07) is 7.03. The Labute approximate surface area is 352 Å². The Kier molecular flexibility index (Phi) is 10.4. The molecule has 0 saturated heterocycles. The van der Waals surface area contributed by atoms with Gasteiger partial charge in [0.1, 0.15) is 47.8 Å². The minimum absolute atomic E-state index is 0.0134. The van der Waals surface area contributed by atoms with Gasteiger partial charge in [0.05, 0.1) is 40.5 Å². The standard InChI is InChI=1S/C39H32ClF7N10O4S/c1-37(59,16-56-18-48-17-49-56)9-8-22-4-5-23(24-6-7-27(40)31-33(24)55(2)53-36(31)54-62(3,60)61)32(50-22)28(12-19-10-20(41)13-21(42)11-19)51-29(58)15-57-35-30(34(52-57)39(45,46)47)25-14-26(25)38(35,43)44/h4-7,10-11,13,17-18,25-26,28,59H,12,14-16H2,1-3H3,(H,51,58)(H,53,54)/t25-,26+,28-,37?/m0/s1. The minimum Gasteiger partial charge on any atom is -0.376 e. The number of hydrogen-bond donors (Lipinski definition) is 3. The number of carbonyl (C=O) groups excluding carboxylic acids is 1. The quantitative estimate of drug-likeness (QED) is 0.106. The molecule has 4 atom stereocenters. The van der Waals surface area contributed by atoms with Crippen LogP contribution < -0.4 is 10.0 Å². The molecule has 6 aromatic rings. The van der Waals surface area contributed by atoms with Gasteiger partial charge in [0, 0.05) is 35.7 Å². The molecular formula is C39H32ClF7N10O4S. The molecule has 4 aromatic heterocycles. The highest BCUT2D eigenvalue weighted by Gasteiger charge is 2.68. The van der Waals surface area contributed by atoms with Crippen LogP contribution in [-0.2, 0) is 53.5 Å². The molecule has 1 saturated carbocycles. The van der Waals surface area contributed by atoms with E-state index in [1.807, 2.05) is 0 Å². The van der Waals surface area contributed by atoms with Crippen LogP contribution in [0.3, 0.4) is 0 Å². The number of hydrogen-bond acceptors (Lipinski definition) is 9. The molecule has 62 heavy (non-hydrogen) atoms. The highest BCUT2D eigenvalue weighted by molar-refractivity contribution is 7.92. The smallest absolute Gasteiger partial charge is 0.376 e. The number of alkyl halides is 5. The average Bonchev–Trinajstić information content (AvgIpc) is 3.36. The normalized spacial score (nSPS) is 18.1. The number of sulfonamides is 1. The Hall–Kier alpha value is -6.05. The number of carbonyl (C=O) groups is 1. The van der Waals surface area contributed by atoms with Crippen LogP contribution in [0.2, 0.25) is 5.02 Å². The van der Waals surface area contributed by atoms with Gasteiger partial charge >= 0.3 is 6.18 Å². The van der Waals surface area contributed by atoms with Crippen molar-refractivity contribution in [1.82, 2.24) is 44.6 Å². The first-order valence-corrected chi connectivity index (χ1v) is 20.8.